The Morgan fingerprint density at radius 2 is 2.14 bits per heavy atom. The van der Waals surface area contributed by atoms with Crippen LogP contribution in [0.2, 0.25) is 0 Å². The minimum Gasteiger partial charge on any atom is -0.468 e. The van der Waals surface area contributed by atoms with Gasteiger partial charge in [0, 0.05) is 31.7 Å². The number of hydrogen-bond donors (Lipinski definition) is 1. The topological polar surface area (TPSA) is 44.8 Å². The number of carbonyl (C=O) groups is 1. The molecule has 0 bridgehead atoms. The Hall–Kier alpha value is -0.650. The number of piperazine rings is 1. The first-order chi connectivity index (χ1) is 9.84. The SMILES string of the molecule is CCCNC(C)(CC(C)N1CCN(C)C(C)C1)C(=O)OC. The van der Waals surface area contributed by atoms with Gasteiger partial charge in [-0.3, -0.25) is 9.69 Å². The Morgan fingerprint density at radius 1 is 1.48 bits per heavy atom. The molecule has 124 valence electrons. The van der Waals surface area contributed by atoms with Gasteiger partial charge in [-0.2, -0.15) is 0 Å². The lowest BCUT2D eigenvalue weighted by molar-refractivity contribution is -0.149. The predicted octanol–water partition coefficient (Wildman–Crippen LogP) is 1.33. The van der Waals surface area contributed by atoms with E-state index in [2.05, 4.69) is 42.9 Å². The van der Waals surface area contributed by atoms with Gasteiger partial charge in [-0.25, -0.2) is 0 Å². The third-order valence-electron chi connectivity index (χ3n) is 4.72. The standard InChI is InChI=1S/C16H33N3O2/c1-7-8-17-16(4,15(20)21-6)11-13(2)19-10-9-18(5)14(3)12-19/h13-14,17H,7-12H2,1-6H3. The van der Waals surface area contributed by atoms with Crippen LogP contribution in [0.5, 0.6) is 0 Å². The van der Waals surface area contributed by atoms with Gasteiger partial charge < -0.3 is 15.0 Å². The first kappa shape index (κ1) is 18.4. The molecule has 1 aliphatic heterocycles. The number of rotatable bonds is 7. The molecule has 0 aromatic heterocycles. The molecule has 0 aromatic carbocycles. The molecule has 1 heterocycles. The number of hydrogen-bond acceptors (Lipinski definition) is 5. The van der Waals surface area contributed by atoms with Gasteiger partial charge in [0.25, 0.3) is 0 Å². The van der Waals surface area contributed by atoms with E-state index in [1.807, 2.05) is 6.92 Å². The lowest BCUT2D eigenvalue weighted by atomic mass is 9.92. The Bertz CT molecular complexity index is 337. The van der Waals surface area contributed by atoms with Crippen LogP contribution in [0, 0.1) is 0 Å². The molecule has 3 atom stereocenters. The molecule has 1 fully saturated rings. The molecule has 0 aromatic rings. The highest BCUT2D eigenvalue weighted by Crippen LogP contribution is 2.20. The van der Waals surface area contributed by atoms with Crippen LogP contribution in [0.4, 0.5) is 0 Å². The Labute approximate surface area is 130 Å². The van der Waals surface area contributed by atoms with Crippen molar-refractivity contribution in [3.05, 3.63) is 0 Å². The Balaban J connectivity index is 2.67. The molecule has 0 aliphatic carbocycles. The summed E-state index contributed by atoms with van der Waals surface area (Å²) < 4.78 is 5.01. The first-order valence-corrected chi connectivity index (χ1v) is 8.11. The van der Waals surface area contributed by atoms with Crippen LogP contribution < -0.4 is 5.32 Å². The summed E-state index contributed by atoms with van der Waals surface area (Å²) in [7, 11) is 3.64. The second-order valence-corrected chi connectivity index (χ2v) is 6.63. The fraction of sp³-hybridized carbons (Fsp3) is 0.938. The van der Waals surface area contributed by atoms with Gasteiger partial charge >= 0.3 is 5.97 Å². The summed E-state index contributed by atoms with van der Waals surface area (Å²) in [5.41, 5.74) is -0.600. The molecule has 0 saturated carbocycles. The molecule has 1 N–H and O–H groups in total. The number of ether oxygens (including phenoxy) is 1. The highest BCUT2D eigenvalue weighted by atomic mass is 16.5. The summed E-state index contributed by atoms with van der Waals surface area (Å²) in [5, 5.41) is 3.37. The molecule has 5 nitrogen and oxygen atoms in total. The maximum Gasteiger partial charge on any atom is 0.325 e. The second-order valence-electron chi connectivity index (χ2n) is 6.63. The molecular formula is C16H33N3O2. The van der Waals surface area contributed by atoms with Crippen LogP contribution in [0.25, 0.3) is 0 Å². The summed E-state index contributed by atoms with van der Waals surface area (Å²) >= 11 is 0. The minimum absolute atomic E-state index is 0.162. The van der Waals surface area contributed by atoms with Crippen molar-refractivity contribution in [3.63, 3.8) is 0 Å². The maximum atomic E-state index is 12.2. The van der Waals surface area contributed by atoms with Crippen molar-refractivity contribution in [1.29, 1.82) is 0 Å². The van der Waals surface area contributed by atoms with Gasteiger partial charge in [-0.1, -0.05) is 6.92 Å². The molecule has 0 amide bonds. The smallest absolute Gasteiger partial charge is 0.325 e. The first-order valence-electron chi connectivity index (χ1n) is 8.11. The zero-order valence-corrected chi connectivity index (χ0v) is 14.6. The monoisotopic (exact) mass is 299 g/mol. The van der Waals surface area contributed by atoms with E-state index in [9.17, 15) is 4.79 Å². The van der Waals surface area contributed by atoms with E-state index in [1.54, 1.807) is 0 Å². The van der Waals surface area contributed by atoms with Crippen LogP contribution in [-0.4, -0.2) is 73.7 Å². The average molecular weight is 299 g/mol. The van der Waals surface area contributed by atoms with Gasteiger partial charge in [-0.15, -0.1) is 0 Å². The Morgan fingerprint density at radius 3 is 2.67 bits per heavy atom. The third-order valence-corrected chi connectivity index (χ3v) is 4.72. The second kappa shape index (κ2) is 8.11. The van der Waals surface area contributed by atoms with Gasteiger partial charge in [0.15, 0.2) is 0 Å². The van der Waals surface area contributed by atoms with Crippen molar-refractivity contribution < 1.29 is 9.53 Å². The summed E-state index contributed by atoms with van der Waals surface area (Å²) in [5.74, 6) is -0.162. The van der Waals surface area contributed by atoms with Crippen molar-refractivity contribution in [2.75, 3.05) is 40.3 Å². The van der Waals surface area contributed by atoms with E-state index in [0.29, 0.717) is 12.1 Å². The fourth-order valence-corrected chi connectivity index (χ4v) is 3.05. The summed E-state index contributed by atoms with van der Waals surface area (Å²) in [6.45, 7) is 12.6. The molecule has 5 heteroatoms. The zero-order chi connectivity index (χ0) is 16.0. The predicted molar refractivity (Wildman–Crippen MR) is 86.5 cm³/mol. The molecule has 1 saturated heterocycles. The Kier molecular flexibility index (Phi) is 7.10. The van der Waals surface area contributed by atoms with Crippen LogP contribution in [0.1, 0.15) is 40.5 Å². The fourth-order valence-electron chi connectivity index (χ4n) is 3.05. The van der Waals surface area contributed by atoms with E-state index in [1.165, 1.54) is 7.11 Å². The van der Waals surface area contributed by atoms with Crippen LogP contribution in [0.3, 0.4) is 0 Å². The van der Waals surface area contributed by atoms with Gasteiger partial charge in [-0.05, 0) is 47.2 Å². The molecule has 1 rings (SSSR count). The minimum atomic E-state index is -0.600. The van der Waals surface area contributed by atoms with Gasteiger partial charge in [0.2, 0.25) is 0 Å². The molecule has 0 spiro atoms. The van der Waals surface area contributed by atoms with Crippen LogP contribution in [0.15, 0.2) is 0 Å². The number of nitrogens with zero attached hydrogens (tertiary/aromatic N) is 2. The molecule has 0 radical (unpaired) electrons. The number of likely N-dealkylation sites (N-methyl/N-ethyl adjacent to an activating group) is 1. The zero-order valence-electron chi connectivity index (χ0n) is 14.6. The van der Waals surface area contributed by atoms with Crippen LogP contribution >= 0.6 is 0 Å². The van der Waals surface area contributed by atoms with Crippen LogP contribution in [-0.2, 0) is 9.53 Å². The van der Waals surface area contributed by atoms with Crippen molar-refractivity contribution in [3.8, 4) is 0 Å². The van der Waals surface area contributed by atoms with E-state index in [-0.39, 0.29) is 5.97 Å². The third kappa shape index (κ3) is 4.94. The lowest BCUT2D eigenvalue weighted by Crippen LogP contribution is -2.57. The largest absolute Gasteiger partial charge is 0.468 e. The molecule has 3 unspecified atom stereocenters. The molecular weight excluding hydrogens is 266 g/mol. The van der Waals surface area contributed by atoms with Crippen molar-refractivity contribution >= 4 is 5.97 Å². The number of methoxy groups -OCH3 is 1. The quantitative estimate of drug-likeness (QED) is 0.719. The number of nitrogens with one attached hydrogen (secondary N) is 1. The summed E-state index contributed by atoms with van der Waals surface area (Å²) in [4.78, 5) is 17.0. The molecule has 21 heavy (non-hydrogen) atoms. The number of carbonyl (C=O) groups excluding carboxylic acids is 1. The van der Waals surface area contributed by atoms with Crippen molar-refractivity contribution in [2.24, 2.45) is 0 Å². The van der Waals surface area contributed by atoms with E-state index < -0.39 is 5.54 Å². The summed E-state index contributed by atoms with van der Waals surface area (Å²) in [6.07, 6.45) is 1.78. The summed E-state index contributed by atoms with van der Waals surface area (Å²) in [6, 6.07) is 0.920. The van der Waals surface area contributed by atoms with E-state index in [4.69, 9.17) is 4.74 Å². The van der Waals surface area contributed by atoms with Gasteiger partial charge in [0.1, 0.15) is 5.54 Å². The normalized spacial score (nSPS) is 25.3. The lowest BCUT2D eigenvalue weighted by Gasteiger charge is -2.42. The van der Waals surface area contributed by atoms with Crippen molar-refractivity contribution in [1.82, 2.24) is 15.1 Å². The van der Waals surface area contributed by atoms with E-state index >= 15 is 0 Å². The van der Waals surface area contributed by atoms with E-state index in [0.717, 1.165) is 39.0 Å². The maximum absolute atomic E-state index is 12.2. The highest BCUT2D eigenvalue weighted by molar-refractivity contribution is 5.80. The number of esters is 1. The van der Waals surface area contributed by atoms with Crippen molar-refractivity contribution in [2.45, 2.75) is 58.2 Å². The molecule has 1 aliphatic rings. The highest BCUT2D eigenvalue weighted by Gasteiger charge is 2.37. The average Bonchev–Trinajstić information content (AvgIpc) is 2.46. The van der Waals surface area contributed by atoms with Gasteiger partial charge in [0.05, 0.1) is 7.11 Å².